The second-order valence-corrected chi connectivity index (χ2v) is 4.34. The van der Waals surface area contributed by atoms with Crippen LogP contribution in [0.1, 0.15) is 30.9 Å². The summed E-state index contributed by atoms with van der Waals surface area (Å²) >= 11 is 0. The van der Waals surface area contributed by atoms with Gasteiger partial charge in [0.2, 0.25) is 5.91 Å². The minimum atomic E-state index is -1.39. The van der Waals surface area contributed by atoms with Crippen molar-refractivity contribution in [1.29, 1.82) is 0 Å². The summed E-state index contributed by atoms with van der Waals surface area (Å²) in [6.07, 6.45) is 1.66. The Labute approximate surface area is 106 Å². The zero-order valence-electron chi connectivity index (χ0n) is 10.7. The lowest BCUT2D eigenvalue weighted by Crippen LogP contribution is -2.20. The van der Waals surface area contributed by atoms with Gasteiger partial charge in [0.1, 0.15) is 0 Å². The van der Waals surface area contributed by atoms with Gasteiger partial charge in [-0.3, -0.25) is 4.79 Å². The van der Waals surface area contributed by atoms with E-state index in [0.717, 1.165) is 22.9 Å². The Balaban J connectivity index is 2.96. The van der Waals surface area contributed by atoms with Crippen LogP contribution >= 0.6 is 0 Å². The Hall–Kier alpha value is -2.10. The summed E-state index contributed by atoms with van der Waals surface area (Å²) in [5.74, 6) is -1.60. The second-order valence-electron chi connectivity index (χ2n) is 4.34. The molecular weight excluding hydrogens is 230 g/mol. The Kier molecular flexibility index (Phi) is 4.66. The molecule has 18 heavy (non-hydrogen) atoms. The van der Waals surface area contributed by atoms with E-state index in [0.29, 0.717) is 6.08 Å². The molecule has 0 atom stereocenters. The van der Waals surface area contributed by atoms with Gasteiger partial charge in [-0.15, -0.1) is 0 Å². The number of carboxylic acid groups (broad SMARTS) is 1. The SMILES string of the molecule is Cc1cccc(C(C)C)c1NC(=O)C=CC(=O)[O-]. The van der Waals surface area contributed by atoms with Crippen LogP contribution in [0.2, 0.25) is 0 Å². The van der Waals surface area contributed by atoms with Crippen LogP contribution < -0.4 is 10.4 Å². The molecule has 1 N–H and O–H groups in total. The molecule has 0 spiro atoms. The number of amides is 1. The van der Waals surface area contributed by atoms with Crippen molar-refractivity contribution in [2.24, 2.45) is 0 Å². The summed E-state index contributed by atoms with van der Waals surface area (Å²) in [7, 11) is 0. The fourth-order valence-electron chi connectivity index (χ4n) is 1.65. The fraction of sp³-hybridized carbons (Fsp3) is 0.286. The van der Waals surface area contributed by atoms with Gasteiger partial charge in [0.15, 0.2) is 0 Å². The molecule has 4 nitrogen and oxygen atoms in total. The first-order chi connectivity index (χ1) is 8.41. The van der Waals surface area contributed by atoms with Gasteiger partial charge in [-0.1, -0.05) is 32.0 Å². The number of aryl methyl sites for hydroxylation is 1. The maximum atomic E-state index is 11.6. The third-order valence-corrected chi connectivity index (χ3v) is 2.55. The van der Waals surface area contributed by atoms with Crippen molar-refractivity contribution in [2.45, 2.75) is 26.7 Å². The maximum Gasteiger partial charge on any atom is 0.248 e. The van der Waals surface area contributed by atoms with Gasteiger partial charge in [0.05, 0.1) is 5.97 Å². The van der Waals surface area contributed by atoms with Gasteiger partial charge in [-0.05, 0) is 30.0 Å². The number of para-hydroxylation sites is 1. The Morgan fingerprint density at radius 3 is 2.50 bits per heavy atom. The van der Waals surface area contributed by atoms with E-state index in [1.165, 1.54) is 0 Å². The highest BCUT2D eigenvalue weighted by Crippen LogP contribution is 2.27. The third kappa shape index (κ3) is 3.73. The highest BCUT2D eigenvalue weighted by Gasteiger charge is 2.10. The number of carbonyl (C=O) groups excluding carboxylic acids is 2. The minimum Gasteiger partial charge on any atom is -0.545 e. The molecule has 1 amide bonds. The van der Waals surface area contributed by atoms with E-state index >= 15 is 0 Å². The summed E-state index contributed by atoms with van der Waals surface area (Å²) in [6, 6.07) is 5.76. The van der Waals surface area contributed by atoms with Crippen LogP contribution in [0.3, 0.4) is 0 Å². The van der Waals surface area contributed by atoms with Crippen LogP contribution in [0, 0.1) is 6.92 Å². The lowest BCUT2D eigenvalue weighted by atomic mass is 9.98. The van der Waals surface area contributed by atoms with E-state index in [1.54, 1.807) is 0 Å². The molecule has 0 bridgehead atoms. The summed E-state index contributed by atoms with van der Waals surface area (Å²) in [5, 5.41) is 12.9. The van der Waals surface area contributed by atoms with Gasteiger partial charge in [0, 0.05) is 11.8 Å². The first-order valence-corrected chi connectivity index (χ1v) is 5.71. The van der Waals surface area contributed by atoms with Crippen molar-refractivity contribution in [3.63, 3.8) is 0 Å². The van der Waals surface area contributed by atoms with Crippen LogP contribution in [0.5, 0.6) is 0 Å². The predicted molar refractivity (Wildman–Crippen MR) is 68.0 cm³/mol. The van der Waals surface area contributed by atoms with Crippen LogP contribution in [0.4, 0.5) is 5.69 Å². The van der Waals surface area contributed by atoms with Crippen molar-refractivity contribution in [1.82, 2.24) is 0 Å². The standard InChI is InChI=1S/C14H17NO3/c1-9(2)11-6-4-5-10(3)14(11)15-12(16)7-8-13(17)18/h4-9H,1-3H3,(H,15,16)(H,17,18)/p-1. The normalized spacial score (nSPS) is 10.9. The lowest BCUT2D eigenvalue weighted by Gasteiger charge is -2.15. The molecule has 4 heteroatoms. The molecule has 0 radical (unpaired) electrons. The molecule has 0 saturated carbocycles. The lowest BCUT2D eigenvalue weighted by molar-refractivity contribution is -0.297. The summed E-state index contributed by atoms with van der Waals surface area (Å²) < 4.78 is 0. The molecule has 0 aliphatic rings. The van der Waals surface area contributed by atoms with Gasteiger partial charge >= 0.3 is 0 Å². The number of carbonyl (C=O) groups is 2. The van der Waals surface area contributed by atoms with Crippen molar-refractivity contribution >= 4 is 17.6 Å². The number of benzene rings is 1. The average Bonchev–Trinajstić information content (AvgIpc) is 2.28. The Morgan fingerprint density at radius 2 is 1.94 bits per heavy atom. The van der Waals surface area contributed by atoms with Gasteiger partial charge in [-0.25, -0.2) is 0 Å². The molecule has 1 aromatic rings. The average molecular weight is 246 g/mol. The van der Waals surface area contributed by atoms with Crippen molar-refractivity contribution in [2.75, 3.05) is 5.32 Å². The first kappa shape index (κ1) is 14.0. The number of aliphatic carboxylic acids is 1. The summed E-state index contributed by atoms with van der Waals surface area (Å²) in [5.41, 5.74) is 2.70. The monoisotopic (exact) mass is 246 g/mol. The van der Waals surface area contributed by atoms with Crippen molar-refractivity contribution < 1.29 is 14.7 Å². The molecule has 0 unspecified atom stereocenters. The number of carboxylic acids is 1. The molecule has 1 rings (SSSR count). The molecule has 0 aliphatic heterocycles. The molecule has 96 valence electrons. The molecule has 0 fully saturated rings. The molecular formula is C14H16NO3-. The maximum absolute atomic E-state index is 11.6. The highest BCUT2D eigenvalue weighted by atomic mass is 16.4. The quantitative estimate of drug-likeness (QED) is 0.815. The van der Waals surface area contributed by atoms with Gasteiger partial charge in [-0.2, -0.15) is 0 Å². The van der Waals surface area contributed by atoms with E-state index in [4.69, 9.17) is 0 Å². The van der Waals surface area contributed by atoms with Crippen LogP contribution in [-0.2, 0) is 9.59 Å². The molecule has 0 aromatic heterocycles. The van der Waals surface area contributed by atoms with Gasteiger partial charge < -0.3 is 15.2 Å². The van der Waals surface area contributed by atoms with Crippen LogP contribution in [0.25, 0.3) is 0 Å². The third-order valence-electron chi connectivity index (χ3n) is 2.55. The first-order valence-electron chi connectivity index (χ1n) is 5.71. The van der Waals surface area contributed by atoms with Gasteiger partial charge in [0.25, 0.3) is 0 Å². The smallest absolute Gasteiger partial charge is 0.248 e. The number of rotatable bonds is 4. The zero-order chi connectivity index (χ0) is 13.7. The van der Waals surface area contributed by atoms with Crippen LogP contribution in [0.15, 0.2) is 30.4 Å². The number of hydrogen-bond acceptors (Lipinski definition) is 3. The van der Waals surface area contributed by atoms with Crippen LogP contribution in [-0.4, -0.2) is 11.9 Å². The predicted octanol–water partition coefficient (Wildman–Crippen LogP) is 1.36. The Bertz CT molecular complexity index is 490. The number of nitrogens with one attached hydrogen (secondary N) is 1. The molecule has 0 aliphatic carbocycles. The minimum absolute atomic E-state index is 0.269. The number of hydrogen-bond donors (Lipinski definition) is 1. The largest absolute Gasteiger partial charge is 0.545 e. The van der Waals surface area contributed by atoms with Crippen molar-refractivity contribution in [3.05, 3.63) is 41.5 Å². The molecule has 0 heterocycles. The number of anilines is 1. The second kappa shape index (κ2) is 6.00. The van der Waals surface area contributed by atoms with E-state index in [2.05, 4.69) is 5.32 Å². The van der Waals surface area contributed by atoms with E-state index in [-0.39, 0.29) is 5.92 Å². The van der Waals surface area contributed by atoms with Crippen molar-refractivity contribution in [3.8, 4) is 0 Å². The fourth-order valence-corrected chi connectivity index (χ4v) is 1.65. The zero-order valence-corrected chi connectivity index (χ0v) is 10.7. The summed E-state index contributed by atoms with van der Waals surface area (Å²) in [6.45, 7) is 5.95. The summed E-state index contributed by atoms with van der Waals surface area (Å²) in [4.78, 5) is 21.8. The van der Waals surface area contributed by atoms with E-state index < -0.39 is 11.9 Å². The Morgan fingerprint density at radius 1 is 1.28 bits per heavy atom. The van der Waals surface area contributed by atoms with E-state index in [1.807, 2.05) is 39.0 Å². The molecule has 0 saturated heterocycles. The molecule has 1 aromatic carbocycles. The topological polar surface area (TPSA) is 69.2 Å². The van der Waals surface area contributed by atoms with E-state index in [9.17, 15) is 14.7 Å². The highest BCUT2D eigenvalue weighted by molar-refractivity contribution is 6.02.